The average molecular weight is 429 g/mol. The number of nitrogens with zero attached hydrogens (tertiary/aromatic N) is 1. The molecule has 3 rings (SSSR count). The van der Waals surface area contributed by atoms with Crippen molar-refractivity contribution in [2.24, 2.45) is 0 Å². The van der Waals surface area contributed by atoms with Gasteiger partial charge in [0.15, 0.2) is 11.5 Å². The topological polar surface area (TPSA) is 67.9 Å². The van der Waals surface area contributed by atoms with Gasteiger partial charge >= 0.3 is 0 Å². The molecule has 160 valence electrons. The highest BCUT2D eigenvalue weighted by Gasteiger charge is 2.35. The summed E-state index contributed by atoms with van der Waals surface area (Å²) in [5.74, 6) is 1.74. The van der Waals surface area contributed by atoms with Gasteiger partial charge in [-0.05, 0) is 69.2 Å². The predicted octanol–water partition coefficient (Wildman–Crippen LogP) is 4.25. The van der Waals surface area contributed by atoms with E-state index in [0.29, 0.717) is 28.7 Å². The highest BCUT2D eigenvalue weighted by molar-refractivity contribution is 7.99. The minimum atomic E-state index is -0.526. The Bertz CT molecular complexity index is 945. The fourth-order valence-corrected chi connectivity index (χ4v) is 4.38. The van der Waals surface area contributed by atoms with E-state index in [0.717, 1.165) is 11.3 Å². The Morgan fingerprint density at radius 3 is 2.53 bits per heavy atom. The highest BCUT2D eigenvalue weighted by atomic mass is 32.2. The molecule has 6 nitrogen and oxygen atoms in total. The van der Waals surface area contributed by atoms with E-state index >= 15 is 0 Å². The van der Waals surface area contributed by atoms with Gasteiger partial charge in [-0.3, -0.25) is 9.59 Å². The van der Waals surface area contributed by atoms with Gasteiger partial charge < -0.3 is 19.7 Å². The smallest absolute Gasteiger partial charge is 0.255 e. The van der Waals surface area contributed by atoms with E-state index in [1.165, 1.54) is 5.56 Å². The van der Waals surface area contributed by atoms with Crippen molar-refractivity contribution >= 4 is 29.3 Å². The summed E-state index contributed by atoms with van der Waals surface area (Å²) >= 11 is 1.57. The van der Waals surface area contributed by atoms with Crippen molar-refractivity contribution in [3.63, 3.8) is 0 Å². The molecule has 1 aliphatic rings. The Morgan fingerprint density at radius 1 is 1.10 bits per heavy atom. The Morgan fingerprint density at radius 2 is 1.87 bits per heavy atom. The molecule has 1 N–H and O–H groups in total. The largest absolute Gasteiger partial charge is 0.493 e. The highest BCUT2D eigenvalue weighted by Crippen LogP contribution is 2.31. The third-order valence-electron chi connectivity index (χ3n) is 4.99. The van der Waals surface area contributed by atoms with Crippen molar-refractivity contribution in [2.45, 2.75) is 39.8 Å². The standard InChI is InChI=1S/C23H28N2O4S/c1-14(2)29-20-9-7-17(11-21(20)28-5)23(27)25-13-30-12-19(25)22(26)24-18-8-6-15(3)16(4)10-18/h6-11,14,19H,12-13H2,1-5H3,(H,24,26). The molecule has 0 spiro atoms. The van der Waals surface area contributed by atoms with Crippen LogP contribution in [0.15, 0.2) is 36.4 Å². The van der Waals surface area contributed by atoms with Crippen LogP contribution in [0.5, 0.6) is 11.5 Å². The van der Waals surface area contributed by atoms with E-state index < -0.39 is 6.04 Å². The Labute approximate surface area is 181 Å². The van der Waals surface area contributed by atoms with Crippen molar-refractivity contribution in [1.82, 2.24) is 4.90 Å². The van der Waals surface area contributed by atoms with Crippen LogP contribution in [0.2, 0.25) is 0 Å². The number of benzene rings is 2. The van der Waals surface area contributed by atoms with Gasteiger partial charge in [-0.25, -0.2) is 0 Å². The van der Waals surface area contributed by atoms with Crippen molar-refractivity contribution in [3.05, 3.63) is 53.1 Å². The molecule has 1 atom stereocenters. The molecule has 1 aliphatic heterocycles. The Balaban J connectivity index is 1.76. The summed E-state index contributed by atoms with van der Waals surface area (Å²) in [6.45, 7) is 7.89. The maximum Gasteiger partial charge on any atom is 0.255 e. The normalized spacial score (nSPS) is 15.9. The Hall–Kier alpha value is -2.67. The number of hydrogen-bond acceptors (Lipinski definition) is 5. The fraction of sp³-hybridized carbons (Fsp3) is 0.391. The van der Waals surface area contributed by atoms with Crippen LogP contribution in [0.4, 0.5) is 5.69 Å². The second-order valence-corrected chi connectivity index (χ2v) is 8.61. The van der Waals surface area contributed by atoms with Crippen LogP contribution in [0.3, 0.4) is 0 Å². The maximum atomic E-state index is 13.2. The maximum absolute atomic E-state index is 13.2. The first-order chi connectivity index (χ1) is 14.3. The molecule has 7 heteroatoms. The van der Waals surface area contributed by atoms with Crippen molar-refractivity contribution < 1.29 is 19.1 Å². The molecule has 1 saturated heterocycles. The second kappa shape index (κ2) is 9.43. The molecule has 2 aromatic rings. The van der Waals surface area contributed by atoms with E-state index in [-0.39, 0.29) is 17.9 Å². The zero-order chi connectivity index (χ0) is 21.8. The number of anilines is 1. The van der Waals surface area contributed by atoms with Crippen LogP contribution in [0.1, 0.15) is 35.3 Å². The van der Waals surface area contributed by atoms with Crippen LogP contribution in [-0.2, 0) is 4.79 Å². The van der Waals surface area contributed by atoms with E-state index in [4.69, 9.17) is 9.47 Å². The summed E-state index contributed by atoms with van der Waals surface area (Å²) in [5.41, 5.74) is 3.48. The minimum absolute atomic E-state index is 0.00563. The van der Waals surface area contributed by atoms with Crippen molar-refractivity contribution in [2.75, 3.05) is 24.1 Å². The minimum Gasteiger partial charge on any atom is -0.493 e. The molecule has 0 aromatic heterocycles. The molecule has 2 amide bonds. The second-order valence-electron chi connectivity index (χ2n) is 7.61. The summed E-state index contributed by atoms with van der Waals surface area (Å²) in [4.78, 5) is 27.7. The molecule has 0 radical (unpaired) electrons. The number of aryl methyl sites for hydroxylation is 2. The van der Waals surface area contributed by atoms with E-state index in [9.17, 15) is 9.59 Å². The predicted molar refractivity (Wildman–Crippen MR) is 121 cm³/mol. The van der Waals surface area contributed by atoms with Crippen molar-refractivity contribution in [3.8, 4) is 11.5 Å². The molecule has 0 bridgehead atoms. The first-order valence-electron chi connectivity index (χ1n) is 9.91. The van der Waals surface area contributed by atoms with Gasteiger partial charge in [0, 0.05) is 17.0 Å². The Kier molecular flexibility index (Phi) is 6.92. The van der Waals surface area contributed by atoms with Crippen LogP contribution in [-0.4, -0.2) is 47.6 Å². The van der Waals surface area contributed by atoms with Crippen LogP contribution in [0, 0.1) is 13.8 Å². The number of nitrogens with one attached hydrogen (secondary N) is 1. The first kappa shape index (κ1) is 22.0. The van der Waals surface area contributed by atoms with Crippen molar-refractivity contribution in [1.29, 1.82) is 0 Å². The number of ether oxygens (including phenoxy) is 2. The lowest BCUT2D eigenvalue weighted by atomic mass is 10.1. The number of carbonyl (C=O) groups excluding carboxylic acids is 2. The molecule has 2 aromatic carbocycles. The number of hydrogen-bond donors (Lipinski definition) is 1. The summed E-state index contributed by atoms with van der Waals surface area (Å²) in [5, 5.41) is 2.95. The molecule has 1 unspecified atom stereocenters. The van der Waals surface area contributed by atoms with E-state index in [1.807, 2.05) is 45.9 Å². The monoisotopic (exact) mass is 428 g/mol. The number of amides is 2. The molecule has 0 aliphatic carbocycles. The first-order valence-corrected chi connectivity index (χ1v) is 11.1. The lowest BCUT2D eigenvalue weighted by Gasteiger charge is -2.24. The SMILES string of the molecule is COc1cc(C(=O)N2CSCC2C(=O)Nc2ccc(C)c(C)c2)ccc1OC(C)C. The van der Waals surface area contributed by atoms with Gasteiger partial charge in [-0.2, -0.15) is 0 Å². The van der Waals surface area contributed by atoms with Crippen LogP contribution in [0.25, 0.3) is 0 Å². The molecule has 30 heavy (non-hydrogen) atoms. The molecule has 1 fully saturated rings. The molecular weight excluding hydrogens is 400 g/mol. The zero-order valence-electron chi connectivity index (χ0n) is 18.0. The fourth-order valence-electron chi connectivity index (χ4n) is 3.22. The molecule has 0 saturated carbocycles. The summed E-state index contributed by atoms with van der Waals surface area (Å²) < 4.78 is 11.1. The zero-order valence-corrected chi connectivity index (χ0v) is 18.8. The van der Waals surface area contributed by atoms with Gasteiger partial charge in [-0.15, -0.1) is 11.8 Å². The quantitative estimate of drug-likeness (QED) is 0.745. The lowest BCUT2D eigenvalue weighted by molar-refractivity contribution is -0.119. The molecular formula is C23H28N2O4S. The number of rotatable bonds is 6. The third kappa shape index (κ3) is 4.90. The van der Waals surface area contributed by atoms with Crippen LogP contribution < -0.4 is 14.8 Å². The van der Waals surface area contributed by atoms with E-state index in [1.54, 1.807) is 42.0 Å². The number of thioether (sulfide) groups is 1. The van der Waals surface area contributed by atoms with Crippen LogP contribution >= 0.6 is 11.8 Å². The van der Waals surface area contributed by atoms with Gasteiger partial charge in [-0.1, -0.05) is 6.07 Å². The lowest BCUT2D eigenvalue weighted by Crippen LogP contribution is -2.44. The van der Waals surface area contributed by atoms with Gasteiger partial charge in [0.05, 0.1) is 19.1 Å². The van der Waals surface area contributed by atoms with E-state index in [2.05, 4.69) is 5.32 Å². The average Bonchev–Trinajstić information content (AvgIpc) is 3.20. The number of methoxy groups -OCH3 is 1. The van der Waals surface area contributed by atoms with Gasteiger partial charge in [0.25, 0.3) is 5.91 Å². The van der Waals surface area contributed by atoms with Gasteiger partial charge in [0.2, 0.25) is 5.91 Å². The summed E-state index contributed by atoms with van der Waals surface area (Å²) in [7, 11) is 1.54. The summed E-state index contributed by atoms with van der Waals surface area (Å²) in [6.07, 6.45) is -0.00563. The molecule has 1 heterocycles. The van der Waals surface area contributed by atoms with Gasteiger partial charge in [0.1, 0.15) is 6.04 Å². The summed E-state index contributed by atoms with van der Waals surface area (Å²) in [6, 6.07) is 10.4. The number of carbonyl (C=O) groups is 2. The third-order valence-corrected chi connectivity index (χ3v) is 6.01.